The van der Waals surface area contributed by atoms with Crippen LogP contribution in [0.4, 0.5) is 10.5 Å². The van der Waals surface area contributed by atoms with E-state index in [1.165, 1.54) is 0 Å². The number of amides is 3. The lowest BCUT2D eigenvalue weighted by Gasteiger charge is -2.11. The van der Waals surface area contributed by atoms with Gasteiger partial charge in [-0.2, -0.15) is 0 Å². The van der Waals surface area contributed by atoms with Gasteiger partial charge in [0.05, 0.1) is 6.42 Å². The number of nitrogens with zero attached hydrogens (tertiary/aromatic N) is 1. The van der Waals surface area contributed by atoms with Gasteiger partial charge in [0.1, 0.15) is 0 Å². The lowest BCUT2D eigenvalue weighted by atomic mass is 10.0. The number of nitrogens with one attached hydrogen (secondary N) is 2. The van der Waals surface area contributed by atoms with Gasteiger partial charge in [-0.25, -0.2) is 4.79 Å². The number of carbonyl (C=O) groups excluding carboxylic acids is 2. The molecule has 3 rings (SSSR count). The van der Waals surface area contributed by atoms with Gasteiger partial charge in [-0.15, -0.1) is 0 Å². The molecule has 138 valence electrons. The number of benzene rings is 3. The van der Waals surface area contributed by atoms with Crippen molar-refractivity contribution in [2.75, 3.05) is 19.4 Å². The van der Waals surface area contributed by atoms with Gasteiger partial charge in [0.25, 0.3) is 0 Å². The molecule has 0 aliphatic rings. The lowest BCUT2D eigenvalue weighted by Crippen LogP contribution is -2.28. The van der Waals surface area contributed by atoms with Crippen molar-refractivity contribution in [3.8, 4) is 0 Å². The molecule has 3 aromatic carbocycles. The van der Waals surface area contributed by atoms with Gasteiger partial charge in [0, 0.05) is 26.3 Å². The number of urea groups is 1. The van der Waals surface area contributed by atoms with Crippen LogP contribution < -0.4 is 10.6 Å². The highest BCUT2D eigenvalue weighted by Crippen LogP contribution is 2.18. The van der Waals surface area contributed by atoms with Crippen LogP contribution in [0.1, 0.15) is 11.1 Å². The zero-order valence-corrected chi connectivity index (χ0v) is 15.5. The molecule has 5 nitrogen and oxygen atoms in total. The SMILES string of the molecule is CN(C)C(=O)Cc1ccc(NC(=O)NCc2cccc3ccccc23)cc1. The maximum Gasteiger partial charge on any atom is 0.319 e. The molecule has 0 aromatic heterocycles. The maximum absolute atomic E-state index is 12.2. The summed E-state index contributed by atoms with van der Waals surface area (Å²) in [6.07, 6.45) is 0.348. The Hall–Kier alpha value is -3.34. The van der Waals surface area contributed by atoms with Crippen molar-refractivity contribution in [2.24, 2.45) is 0 Å². The van der Waals surface area contributed by atoms with Crippen molar-refractivity contribution < 1.29 is 9.59 Å². The fourth-order valence-electron chi connectivity index (χ4n) is 2.84. The van der Waals surface area contributed by atoms with Crippen LogP contribution in [-0.2, 0) is 17.8 Å². The monoisotopic (exact) mass is 361 g/mol. The van der Waals surface area contributed by atoms with Crippen molar-refractivity contribution in [3.05, 3.63) is 77.9 Å². The Morgan fingerprint density at radius 3 is 2.33 bits per heavy atom. The highest BCUT2D eigenvalue weighted by Gasteiger charge is 2.07. The van der Waals surface area contributed by atoms with E-state index < -0.39 is 0 Å². The van der Waals surface area contributed by atoms with Crippen molar-refractivity contribution >= 4 is 28.4 Å². The van der Waals surface area contributed by atoms with Crippen LogP contribution in [0.15, 0.2) is 66.7 Å². The summed E-state index contributed by atoms with van der Waals surface area (Å²) < 4.78 is 0. The molecular weight excluding hydrogens is 338 g/mol. The second-order valence-electron chi connectivity index (χ2n) is 6.61. The van der Waals surface area contributed by atoms with E-state index >= 15 is 0 Å². The van der Waals surface area contributed by atoms with E-state index in [1.807, 2.05) is 36.4 Å². The number of anilines is 1. The van der Waals surface area contributed by atoms with Crippen LogP contribution in [0.2, 0.25) is 0 Å². The number of likely N-dealkylation sites (N-methyl/N-ethyl adjacent to an activating group) is 1. The summed E-state index contributed by atoms with van der Waals surface area (Å²) in [5.41, 5.74) is 2.67. The van der Waals surface area contributed by atoms with E-state index in [4.69, 9.17) is 0 Å². The van der Waals surface area contributed by atoms with Crippen molar-refractivity contribution in [1.82, 2.24) is 10.2 Å². The fraction of sp³-hybridized carbons (Fsp3) is 0.182. The van der Waals surface area contributed by atoms with Crippen molar-refractivity contribution in [2.45, 2.75) is 13.0 Å². The third-order valence-electron chi connectivity index (χ3n) is 4.39. The summed E-state index contributed by atoms with van der Waals surface area (Å²) >= 11 is 0. The normalized spacial score (nSPS) is 10.4. The Morgan fingerprint density at radius 2 is 1.59 bits per heavy atom. The molecule has 0 heterocycles. The second-order valence-corrected chi connectivity index (χ2v) is 6.61. The van der Waals surface area contributed by atoms with Crippen LogP contribution in [0.25, 0.3) is 10.8 Å². The lowest BCUT2D eigenvalue weighted by molar-refractivity contribution is -0.127. The topological polar surface area (TPSA) is 61.4 Å². The quantitative estimate of drug-likeness (QED) is 0.726. The molecule has 3 aromatic rings. The third kappa shape index (κ3) is 4.85. The Labute approximate surface area is 159 Å². The Balaban J connectivity index is 1.57. The number of hydrogen-bond donors (Lipinski definition) is 2. The number of rotatable bonds is 5. The molecule has 0 saturated carbocycles. The van der Waals surface area contributed by atoms with E-state index in [1.54, 1.807) is 31.1 Å². The van der Waals surface area contributed by atoms with Gasteiger partial charge in [0.15, 0.2) is 0 Å². The van der Waals surface area contributed by atoms with E-state index in [0.717, 1.165) is 21.9 Å². The predicted octanol–water partition coefficient (Wildman–Crippen LogP) is 3.79. The van der Waals surface area contributed by atoms with E-state index in [0.29, 0.717) is 18.7 Å². The summed E-state index contributed by atoms with van der Waals surface area (Å²) in [4.78, 5) is 25.5. The van der Waals surface area contributed by atoms with E-state index in [2.05, 4.69) is 28.8 Å². The first-order valence-corrected chi connectivity index (χ1v) is 8.83. The minimum atomic E-state index is -0.264. The molecule has 0 radical (unpaired) electrons. The molecule has 2 N–H and O–H groups in total. The van der Waals surface area contributed by atoms with Gasteiger partial charge in [-0.1, -0.05) is 54.6 Å². The molecule has 27 heavy (non-hydrogen) atoms. The fourth-order valence-corrected chi connectivity index (χ4v) is 2.84. The van der Waals surface area contributed by atoms with Gasteiger partial charge in [-0.3, -0.25) is 4.79 Å². The number of hydrogen-bond acceptors (Lipinski definition) is 2. The van der Waals surface area contributed by atoms with Crippen molar-refractivity contribution in [3.63, 3.8) is 0 Å². The molecule has 0 unspecified atom stereocenters. The van der Waals surface area contributed by atoms with Gasteiger partial charge in [-0.05, 0) is 34.0 Å². The summed E-state index contributed by atoms with van der Waals surface area (Å²) in [5, 5.41) is 8.00. The highest BCUT2D eigenvalue weighted by atomic mass is 16.2. The average molecular weight is 361 g/mol. The maximum atomic E-state index is 12.2. The Morgan fingerprint density at radius 1 is 0.889 bits per heavy atom. The molecule has 0 aliphatic heterocycles. The third-order valence-corrected chi connectivity index (χ3v) is 4.39. The summed E-state index contributed by atoms with van der Waals surface area (Å²) in [5.74, 6) is 0.0449. The Kier molecular flexibility index (Phi) is 5.71. The van der Waals surface area contributed by atoms with Gasteiger partial charge >= 0.3 is 6.03 Å². The molecule has 0 atom stereocenters. The zero-order chi connectivity index (χ0) is 19.2. The predicted molar refractivity (Wildman–Crippen MR) is 109 cm³/mol. The zero-order valence-electron chi connectivity index (χ0n) is 15.5. The summed E-state index contributed by atoms with van der Waals surface area (Å²) in [6.45, 7) is 0.447. The first-order valence-electron chi connectivity index (χ1n) is 8.83. The van der Waals surface area contributed by atoms with Crippen LogP contribution in [0.3, 0.4) is 0 Å². The van der Waals surface area contributed by atoms with Crippen LogP contribution in [0.5, 0.6) is 0 Å². The second kappa shape index (κ2) is 8.36. The average Bonchev–Trinajstić information content (AvgIpc) is 2.67. The first-order chi connectivity index (χ1) is 13.0. The largest absolute Gasteiger partial charge is 0.349 e. The molecular formula is C22H23N3O2. The molecule has 0 fully saturated rings. The summed E-state index contributed by atoms with van der Waals surface area (Å²) in [6, 6.07) is 21.2. The highest BCUT2D eigenvalue weighted by molar-refractivity contribution is 5.90. The molecule has 0 spiro atoms. The van der Waals surface area contributed by atoms with Crippen LogP contribution in [-0.4, -0.2) is 30.9 Å². The van der Waals surface area contributed by atoms with Crippen molar-refractivity contribution in [1.29, 1.82) is 0 Å². The van der Waals surface area contributed by atoms with Crippen LogP contribution in [0, 0.1) is 0 Å². The van der Waals surface area contributed by atoms with E-state index in [-0.39, 0.29) is 11.9 Å². The first kappa shape index (κ1) is 18.5. The minimum Gasteiger partial charge on any atom is -0.349 e. The molecule has 0 bridgehead atoms. The Bertz CT molecular complexity index is 944. The molecule has 0 aliphatic carbocycles. The van der Waals surface area contributed by atoms with Gasteiger partial charge in [0.2, 0.25) is 5.91 Å². The molecule has 3 amide bonds. The van der Waals surface area contributed by atoms with E-state index in [9.17, 15) is 9.59 Å². The smallest absolute Gasteiger partial charge is 0.319 e. The molecule has 0 saturated heterocycles. The standard InChI is InChI=1S/C22H23N3O2/c1-25(2)21(26)14-16-10-12-19(13-11-16)24-22(27)23-15-18-8-5-7-17-6-3-4-9-20(17)18/h3-13H,14-15H2,1-2H3,(H2,23,24,27). The number of fused-ring (bicyclic) bond motifs is 1. The van der Waals surface area contributed by atoms with Gasteiger partial charge < -0.3 is 15.5 Å². The minimum absolute atomic E-state index is 0.0449. The molecule has 5 heteroatoms. The summed E-state index contributed by atoms with van der Waals surface area (Å²) in [7, 11) is 3.47. The number of carbonyl (C=O) groups is 2. The van der Waals surface area contributed by atoms with Crippen LogP contribution >= 0.6 is 0 Å².